The molecule has 0 spiro atoms. The molecular formula is C43H59Cl4LiN4O4S2. The van der Waals surface area contributed by atoms with Crippen molar-refractivity contribution < 1.29 is 39.0 Å². The predicted octanol–water partition coefficient (Wildman–Crippen LogP) is 11.3. The predicted molar refractivity (Wildman–Crippen MR) is 245 cm³/mol. The Morgan fingerprint density at radius 1 is 0.672 bits per heavy atom. The second kappa shape index (κ2) is 27.9. The maximum atomic E-state index is 12.0. The average Bonchev–Trinajstić information content (AvgIpc) is 3.72. The average molecular weight is 909 g/mol. The van der Waals surface area contributed by atoms with Crippen molar-refractivity contribution in [3.63, 3.8) is 0 Å². The molecule has 2 atom stereocenters. The number of anilines is 2. The number of Topliss-reactive ketones (excluding diaryl/α,β-unsaturated/α-hetero) is 1. The van der Waals surface area contributed by atoms with Crippen LogP contribution in [-0.2, 0) is 22.4 Å². The molecule has 0 fully saturated rings. The van der Waals surface area contributed by atoms with Gasteiger partial charge in [-0.2, -0.15) is 0 Å². The Hall–Kier alpha value is -1.84. The number of carboxylic acids is 1. The van der Waals surface area contributed by atoms with E-state index in [2.05, 4.69) is 52.2 Å². The Morgan fingerprint density at radius 2 is 1.07 bits per heavy atom. The number of nitrogens with one attached hydrogen (secondary N) is 2. The number of benzene rings is 2. The maximum absolute atomic E-state index is 12.0. The van der Waals surface area contributed by atoms with Gasteiger partial charge in [0.2, 0.25) is 0 Å². The van der Waals surface area contributed by atoms with E-state index in [0.717, 1.165) is 89.0 Å². The summed E-state index contributed by atoms with van der Waals surface area (Å²) in [5.41, 5.74) is 3.73. The summed E-state index contributed by atoms with van der Waals surface area (Å²) in [4.78, 5) is 35.5. The minimum atomic E-state index is -0.757. The second-order valence-electron chi connectivity index (χ2n) is 15.1. The number of hydrogen-bond donors (Lipinski definition) is 3. The van der Waals surface area contributed by atoms with Gasteiger partial charge in [0.15, 0.2) is 10.3 Å². The van der Waals surface area contributed by atoms with Gasteiger partial charge < -0.3 is 21.2 Å². The van der Waals surface area contributed by atoms with Crippen LogP contribution in [-0.4, -0.2) is 45.4 Å². The van der Waals surface area contributed by atoms with E-state index in [1.54, 1.807) is 35.7 Å². The molecule has 58 heavy (non-hydrogen) atoms. The van der Waals surface area contributed by atoms with Crippen molar-refractivity contribution in [2.45, 2.75) is 113 Å². The first-order chi connectivity index (χ1) is 26.6. The molecule has 4 N–H and O–H groups in total. The number of aromatic nitrogens is 2. The molecule has 15 heteroatoms. The molecule has 8 nitrogen and oxygen atoms in total. The van der Waals surface area contributed by atoms with E-state index >= 15 is 0 Å². The molecule has 4 aromatic rings. The van der Waals surface area contributed by atoms with Gasteiger partial charge in [-0.1, -0.05) is 139 Å². The van der Waals surface area contributed by atoms with Crippen molar-refractivity contribution in [1.82, 2.24) is 9.97 Å². The van der Waals surface area contributed by atoms with Crippen LogP contribution in [0.1, 0.15) is 110 Å². The van der Waals surface area contributed by atoms with Gasteiger partial charge in [-0.15, -0.1) is 22.7 Å². The Bertz CT molecular complexity index is 1720. The van der Waals surface area contributed by atoms with Crippen molar-refractivity contribution in [3.05, 3.63) is 66.2 Å². The summed E-state index contributed by atoms with van der Waals surface area (Å²) < 4.78 is 0. The van der Waals surface area contributed by atoms with Crippen LogP contribution in [0.25, 0.3) is 22.5 Å². The van der Waals surface area contributed by atoms with Gasteiger partial charge in [0.25, 0.3) is 0 Å². The molecule has 4 rings (SSSR count). The Morgan fingerprint density at radius 3 is 1.41 bits per heavy atom. The van der Waals surface area contributed by atoms with Crippen LogP contribution in [0.15, 0.2) is 36.4 Å². The molecule has 316 valence electrons. The third-order valence-corrected chi connectivity index (χ3v) is 12.8. The van der Waals surface area contributed by atoms with Crippen LogP contribution < -0.4 is 29.5 Å². The number of carboxylic acid groups (broad SMARTS) is 1. The zero-order chi connectivity index (χ0) is 41.4. The van der Waals surface area contributed by atoms with Crippen LogP contribution in [0.3, 0.4) is 0 Å². The van der Waals surface area contributed by atoms with Crippen LogP contribution in [0, 0.1) is 23.7 Å². The van der Waals surface area contributed by atoms with E-state index in [-0.39, 0.29) is 36.0 Å². The summed E-state index contributed by atoms with van der Waals surface area (Å²) in [5.74, 6) is 0.124. The first kappa shape index (κ1) is 54.2. The van der Waals surface area contributed by atoms with Gasteiger partial charge in [-0.25, -0.2) is 9.97 Å². The van der Waals surface area contributed by atoms with E-state index in [4.69, 9.17) is 56.4 Å². The quantitative estimate of drug-likeness (QED) is 0.0524. The molecule has 0 aliphatic carbocycles. The molecule has 0 bridgehead atoms. The van der Waals surface area contributed by atoms with Crippen LogP contribution in [0.4, 0.5) is 10.3 Å². The first-order valence-corrected chi connectivity index (χ1v) is 22.9. The van der Waals surface area contributed by atoms with Gasteiger partial charge in [0.05, 0.1) is 37.4 Å². The number of ketones is 1. The largest absolute Gasteiger partial charge is 1.00 e. The molecular weight excluding hydrogens is 849 g/mol. The summed E-state index contributed by atoms with van der Waals surface area (Å²) in [6, 6.07) is 11.2. The second-order valence-corrected chi connectivity index (χ2v) is 18.9. The van der Waals surface area contributed by atoms with Gasteiger partial charge in [-0.05, 0) is 68.7 Å². The first-order valence-electron chi connectivity index (χ1n) is 19.7. The van der Waals surface area contributed by atoms with Crippen molar-refractivity contribution in [2.24, 2.45) is 23.7 Å². The molecule has 2 aromatic heterocycles. The minimum absolute atomic E-state index is 0. The number of aliphatic carboxylic acids is 1. The Kier molecular flexibility index (Phi) is 26.1. The van der Waals surface area contributed by atoms with E-state index in [1.807, 2.05) is 30.3 Å². The molecule has 2 unspecified atom stereocenters. The normalized spacial score (nSPS) is 11.9. The standard InChI is InChI=1S/C22H30Cl2N2OS.C21H28Cl2N2O2S.Li.H2O/c1-5-6-7-8-17(15(4)27)13-25-22-26-21(20(28-22)11-14(2)3)16-9-10-18(23)19(24)12-16;1-4-5-6-7-15(20(26)27)12-24-21-25-19(18(28-21)10-13(2)3)14-8-9-16(22)17(23)11-14;;/h9-10,12,14,17H,5-8,11,13H2,1-4H3,(H,25,26);8-9,11,13,15H,4-7,10,12H2,1-3H3,(H,24,25)(H,26,27);;1H2/q;;+1;/p-1. The Labute approximate surface area is 386 Å². The van der Waals surface area contributed by atoms with Gasteiger partial charge in [0, 0.05) is 39.9 Å². The summed E-state index contributed by atoms with van der Waals surface area (Å²) in [5, 5.41) is 19.8. The number of unbranched alkanes of at least 4 members (excludes halogenated alkanes) is 4. The fourth-order valence-electron chi connectivity index (χ4n) is 6.08. The monoisotopic (exact) mass is 906 g/mol. The number of thiazole rings is 2. The maximum Gasteiger partial charge on any atom is 1.00 e. The third-order valence-electron chi connectivity index (χ3n) is 9.20. The van der Waals surface area contributed by atoms with E-state index in [1.165, 1.54) is 11.3 Å². The third kappa shape index (κ3) is 18.0. The van der Waals surface area contributed by atoms with Gasteiger partial charge in [0.1, 0.15) is 5.78 Å². The molecule has 0 aliphatic rings. The number of hydrogen-bond acceptors (Lipinski definition) is 9. The van der Waals surface area contributed by atoms with Crippen molar-refractivity contribution >= 4 is 91.1 Å². The fraction of sp³-hybridized carbons (Fsp3) is 0.535. The smallest absolute Gasteiger partial charge is 0.870 e. The Balaban J connectivity index is 0.000000561. The van der Waals surface area contributed by atoms with Crippen molar-refractivity contribution in [1.29, 1.82) is 0 Å². The summed E-state index contributed by atoms with van der Waals surface area (Å²) in [7, 11) is 0. The molecule has 0 amide bonds. The van der Waals surface area contributed by atoms with Crippen LogP contribution in [0.2, 0.25) is 20.1 Å². The summed E-state index contributed by atoms with van der Waals surface area (Å²) in [6.07, 6.45) is 9.94. The topological polar surface area (TPSA) is 134 Å². The summed E-state index contributed by atoms with van der Waals surface area (Å²) in [6.45, 7) is 15.7. The van der Waals surface area contributed by atoms with Gasteiger partial charge in [-0.3, -0.25) is 9.59 Å². The SMILES string of the molecule is CCCCCC(CNc1nc(-c2ccc(Cl)c(Cl)c2)c(CC(C)C)s1)C(=O)O.CCCCCC(CNc1nc(-c2ccc(Cl)c(Cl)c2)c(CC(C)C)s1)C(C)=O.[Li+].[OH-]. The number of rotatable bonds is 22. The molecule has 0 aliphatic heterocycles. The van der Waals surface area contributed by atoms with E-state index in [0.29, 0.717) is 51.4 Å². The summed E-state index contributed by atoms with van der Waals surface area (Å²) >= 11 is 27.8. The van der Waals surface area contributed by atoms with Crippen LogP contribution >= 0.6 is 69.1 Å². The number of carbonyl (C=O) groups excluding carboxylic acids is 1. The number of nitrogens with zero attached hydrogens (tertiary/aromatic N) is 2. The number of carbonyl (C=O) groups is 2. The fourth-order valence-corrected chi connectivity index (χ4v) is 9.08. The van der Waals surface area contributed by atoms with E-state index in [9.17, 15) is 14.7 Å². The molecule has 2 heterocycles. The molecule has 2 aromatic carbocycles. The zero-order valence-corrected chi connectivity index (χ0v) is 39.8. The molecule has 0 saturated heterocycles. The van der Waals surface area contributed by atoms with E-state index < -0.39 is 11.9 Å². The van der Waals surface area contributed by atoms with Gasteiger partial charge >= 0.3 is 24.8 Å². The minimum Gasteiger partial charge on any atom is -0.870 e. The van der Waals surface area contributed by atoms with Crippen LogP contribution in [0.5, 0.6) is 0 Å². The van der Waals surface area contributed by atoms with Crippen molar-refractivity contribution in [3.8, 4) is 22.5 Å². The molecule has 0 saturated carbocycles. The number of halogens is 4. The van der Waals surface area contributed by atoms with Crippen molar-refractivity contribution in [2.75, 3.05) is 23.7 Å². The zero-order valence-electron chi connectivity index (χ0n) is 35.2. The molecule has 0 radical (unpaired) electrons.